The van der Waals surface area contributed by atoms with Gasteiger partial charge in [0.2, 0.25) is 17.6 Å². The molecule has 1 amide bonds. The Morgan fingerprint density at radius 1 is 1.09 bits per heavy atom. The number of benzene rings is 3. The number of likely N-dealkylation sites (tertiary alicyclic amines) is 1. The predicted octanol–water partition coefficient (Wildman–Crippen LogP) is 5.39. The van der Waals surface area contributed by atoms with Gasteiger partial charge in [-0.3, -0.25) is 9.69 Å². The number of hydrogen-bond acceptors (Lipinski definition) is 5. The van der Waals surface area contributed by atoms with Gasteiger partial charge in [-0.15, -0.1) is 0 Å². The fraction of sp³-hybridized carbons (Fsp3) is 0.240. The molecular weight excluding hydrogens is 424 g/mol. The number of hydrogen-bond donors (Lipinski definition) is 1. The molecule has 162 valence electrons. The van der Waals surface area contributed by atoms with Crippen LogP contribution in [0.5, 0.6) is 0 Å². The van der Waals surface area contributed by atoms with Gasteiger partial charge in [-0.2, -0.15) is 4.98 Å². The second-order valence-electron chi connectivity index (χ2n) is 8.08. The second kappa shape index (κ2) is 9.10. The van der Waals surface area contributed by atoms with Crippen LogP contribution in [0.2, 0.25) is 5.02 Å². The lowest BCUT2D eigenvalue weighted by Crippen LogP contribution is -2.40. The van der Waals surface area contributed by atoms with E-state index in [4.69, 9.17) is 16.1 Å². The molecule has 6 nitrogen and oxygen atoms in total. The highest BCUT2D eigenvalue weighted by molar-refractivity contribution is 6.33. The zero-order valence-electron chi connectivity index (χ0n) is 17.5. The summed E-state index contributed by atoms with van der Waals surface area (Å²) < 4.78 is 5.45. The Bertz CT molecular complexity index is 1250. The Labute approximate surface area is 191 Å². The highest BCUT2D eigenvalue weighted by atomic mass is 35.5. The van der Waals surface area contributed by atoms with E-state index in [1.165, 1.54) is 0 Å². The minimum Gasteiger partial charge on any atom is -0.338 e. The van der Waals surface area contributed by atoms with Crippen molar-refractivity contribution in [3.05, 3.63) is 77.6 Å². The maximum atomic E-state index is 13.0. The molecule has 1 aromatic heterocycles. The fourth-order valence-electron chi connectivity index (χ4n) is 4.24. The lowest BCUT2D eigenvalue weighted by atomic mass is 9.96. The van der Waals surface area contributed by atoms with Gasteiger partial charge < -0.3 is 9.84 Å². The van der Waals surface area contributed by atoms with Crippen molar-refractivity contribution in [1.82, 2.24) is 15.0 Å². The van der Waals surface area contributed by atoms with Gasteiger partial charge in [0.05, 0.1) is 17.5 Å². The van der Waals surface area contributed by atoms with E-state index in [-0.39, 0.29) is 11.8 Å². The van der Waals surface area contributed by atoms with Crippen LogP contribution >= 0.6 is 11.6 Å². The topological polar surface area (TPSA) is 71.3 Å². The van der Waals surface area contributed by atoms with Crippen LogP contribution in [0.25, 0.3) is 22.2 Å². The van der Waals surface area contributed by atoms with Crippen molar-refractivity contribution in [3.63, 3.8) is 0 Å². The number of nitrogens with zero attached hydrogens (tertiary/aromatic N) is 3. The predicted molar refractivity (Wildman–Crippen MR) is 125 cm³/mol. The van der Waals surface area contributed by atoms with Crippen molar-refractivity contribution in [2.24, 2.45) is 5.92 Å². The van der Waals surface area contributed by atoms with E-state index in [1.807, 2.05) is 48.5 Å². The number of carbonyl (C=O) groups excluding carboxylic acids is 1. The maximum Gasteiger partial charge on any atom is 0.241 e. The Hall–Kier alpha value is -3.22. The summed E-state index contributed by atoms with van der Waals surface area (Å²) in [5, 5.41) is 9.96. The number of rotatable bonds is 5. The number of nitrogens with one attached hydrogen (secondary N) is 1. The van der Waals surface area contributed by atoms with Gasteiger partial charge in [0, 0.05) is 23.2 Å². The van der Waals surface area contributed by atoms with Gasteiger partial charge in [-0.25, -0.2) is 0 Å². The molecule has 1 saturated heterocycles. The minimum absolute atomic E-state index is 0.0494. The van der Waals surface area contributed by atoms with E-state index < -0.39 is 0 Å². The monoisotopic (exact) mass is 446 g/mol. The lowest BCUT2D eigenvalue weighted by Gasteiger charge is -2.31. The summed E-state index contributed by atoms with van der Waals surface area (Å²) in [5.74, 6) is 0.963. The normalized spacial score (nSPS) is 16.8. The Morgan fingerprint density at radius 2 is 1.91 bits per heavy atom. The molecule has 0 spiro atoms. The van der Waals surface area contributed by atoms with Gasteiger partial charge in [-0.05, 0) is 43.0 Å². The molecule has 0 radical (unpaired) electrons. The molecule has 1 N–H and O–H groups in total. The van der Waals surface area contributed by atoms with E-state index in [9.17, 15) is 4.79 Å². The Kier molecular flexibility index (Phi) is 5.88. The Morgan fingerprint density at radius 3 is 2.81 bits per heavy atom. The minimum atomic E-state index is -0.0892. The first-order chi connectivity index (χ1) is 15.7. The smallest absolute Gasteiger partial charge is 0.241 e. The zero-order chi connectivity index (χ0) is 21.9. The van der Waals surface area contributed by atoms with Crippen molar-refractivity contribution < 1.29 is 9.32 Å². The molecular formula is C25H23ClN4O2. The van der Waals surface area contributed by atoms with E-state index in [0.29, 0.717) is 29.8 Å². The quantitative estimate of drug-likeness (QED) is 0.444. The third-order valence-electron chi connectivity index (χ3n) is 5.87. The molecule has 3 aromatic carbocycles. The van der Waals surface area contributed by atoms with E-state index in [2.05, 4.69) is 32.5 Å². The molecule has 1 fully saturated rings. The van der Waals surface area contributed by atoms with Crippen LogP contribution in [-0.2, 0) is 11.3 Å². The molecule has 0 saturated carbocycles. The molecule has 1 atom stereocenters. The molecule has 32 heavy (non-hydrogen) atoms. The highest BCUT2D eigenvalue weighted by Crippen LogP contribution is 2.27. The molecule has 1 aliphatic rings. The fourth-order valence-corrected chi connectivity index (χ4v) is 4.46. The average molecular weight is 447 g/mol. The molecule has 0 aliphatic carbocycles. The first-order valence-corrected chi connectivity index (χ1v) is 11.1. The maximum absolute atomic E-state index is 13.0. The summed E-state index contributed by atoms with van der Waals surface area (Å²) in [6.45, 7) is 2.05. The van der Waals surface area contributed by atoms with E-state index in [1.54, 1.807) is 6.07 Å². The first kappa shape index (κ1) is 20.7. The van der Waals surface area contributed by atoms with Gasteiger partial charge in [0.1, 0.15) is 0 Å². The summed E-state index contributed by atoms with van der Waals surface area (Å²) in [7, 11) is 0. The van der Waals surface area contributed by atoms with Crippen molar-refractivity contribution >= 4 is 34.0 Å². The standard InChI is InChI=1S/C25H23ClN4O2/c26-21-12-4-3-11-20(21)24-28-23(32-29-24)16-30-14-6-9-18(15-30)25(31)27-22-13-5-8-17-7-1-2-10-19(17)22/h1-5,7-8,10-13,18H,6,9,14-16H2,(H,27,31). The number of halogens is 1. The Balaban J connectivity index is 1.25. The molecule has 5 rings (SSSR count). The number of carbonyl (C=O) groups is 1. The van der Waals surface area contributed by atoms with Crippen LogP contribution in [0.1, 0.15) is 18.7 Å². The number of amides is 1. The van der Waals surface area contributed by atoms with Crippen molar-refractivity contribution in [1.29, 1.82) is 0 Å². The number of fused-ring (bicyclic) bond motifs is 1. The lowest BCUT2D eigenvalue weighted by molar-refractivity contribution is -0.121. The summed E-state index contributed by atoms with van der Waals surface area (Å²) >= 11 is 6.24. The van der Waals surface area contributed by atoms with Gasteiger partial charge in [0.15, 0.2) is 0 Å². The van der Waals surface area contributed by atoms with E-state index in [0.717, 1.165) is 41.4 Å². The summed E-state index contributed by atoms with van der Waals surface area (Å²) in [6, 6.07) is 21.5. The van der Waals surface area contributed by atoms with Crippen LogP contribution in [0.4, 0.5) is 5.69 Å². The van der Waals surface area contributed by atoms with Crippen molar-refractivity contribution in [2.75, 3.05) is 18.4 Å². The summed E-state index contributed by atoms with van der Waals surface area (Å²) in [6.07, 6.45) is 1.81. The molecule has 0 bridgehead atoms. The summed E-state index contributed by atoms with van der Waals surface area (Å²) in [4.78, 5) is 19.7. The number of aromatic nitrogens is 2. The molecule has 2 heterocycles. The number of anilines is 1. The van der Waals surface area contributed by atoms with Gasteiger partial charge >= 0.3 is 0 Å². The van der Waals surface area contributed by atoms with E-state index >= 15 is 0 Å². The van der Waals surface area contributed by atoms with Crippen LogP contribution in [0.15, 0.2) is 71.3 Å². The van der Waals surface area contributed by atoms with Crippen LogP contribution in [0.3, 0.4) is 0 Å². The van der Waals surface area contributed by atoms with Crippen LogP contribution in [0, 0.1) is 5.92 Å². The SMILES string of the molecule is O=C(Nc1cccc2ccccc12)C1CCCN(Cc2nc(-c3ccccc3Cl)no2)C1. The van der Waals surface area contributed by atoms with Gasteiger partial charge in [0.25, 0.3) is 0 Å². The second-order valence-corrected chi connectivity index (χ2v) is 8.49. The molecule has 1 aliphatic heterocycles. The van der Waals surface area contributed by atoms with Crippen LogP contribution < -0.4 is 5.32 Å². The molecule has 7 heteroatoms. The molecule has 1 unspecified atom stereocenters. The largest absolute Gasteiger partial charge is 0.338 e. The zero-order valence-corrected chi connectivity index (χ0v) is 18.3. The van der Waals surface area contributed by atoms with Gasteiger partial charge in [-0.1, -0.05) is 65.3 Å². The average Bonchev–Trinajstić information content (AvgIpc) is 3.28. The van der Waals surface area contributed by atoms with Crippen molar-refractivity contribution in [2.45, 2.75) is 19.4 Å². The van der Waals surface area contributed by atoms with Crippen molar-refractivity contribution in [3.8, 4) is 11.4 Å². The third-order valence-corrected chi connectivity index (χ3v) is 6.20. The number of piperidine rings is 1. The third kappa shape index (κ3) is 4.38. The molecule has 4 aromatic rings. The highest BCUT2D eigenvalue weighted by Gasteiger charge is 2.27. The van der Waals surface area contributed by atoms with Crippen LogP contribution in [-0.4, -0.2) is 34.0 Å². The first-order valence-electron chi connectivity index (χ1n) is 10.8. The summed E-state index contributed by atoms with van der Waals surface area (Å²) in [5.41, 5.74) is 1.60.